The van der Waals surface area contributed by atoms with Gasteiger partial charge in [0, 0.05) is 18.7 Å². The van der Waals surface area contributed by atoms with E-state index in [4.69, 9.17) is 5.26 Å². The molecule has 0 unspecified atom stereocenters. The van der Waals surface area contributed by atoms with Crippen LogP contribution < -0.4 is 5.32 Å². The minimum absolute atomic E-state index is 0.0434. The molecule has 2 N–H and O–H groups in total. The summed E-state index contributed by atoms with van der Waals surface area (Å²) in [6, 6.07) is 13.3. The highest BCUT2D eigenvalue weighted by Gasteiger charge is 2.03. The van der Waals surface area contributed by atoms with Gasteiger partial charge in [-0.25, -0.2) is 4.39 Å². The predicted molar refractivity (Wildman–Crippen MR) is 69.8 cm³/mol. The van der Waals surface area contributed by atoms with Gasteiger partial charge in [0.2, 0.25) is 0 Å². The zero-order chi connectivity index (χ0) is 13.7. The first-order valence-corrected chi connectivity index (χ1v) is 5.87. The normalized spacial score (nSPS) is 10.1. The molecule has 0 aromatic heterocycles. The van der Waals surface area contributed by atoms with Gasteiger partial charge < -0.3 is 10.4 Å². The lowest BCUT2D eigenvalue weighted by molar-refractivity contribution is 0.464. The van der Waals surface area contributed by atoms with Crippen molar-refractivity contribution >= 4 is 0 Å². The Morgan fingerprint density at radius 1 is 1.16 bits per heavy atom. The van der Waals surface area contributed by atoms with Crippen LogP contribution in [0.5, 0.6) is 5.75 Å². The number of nitriles is 1. The summed E-state index contributed by atoms with van der Waals surface area (Å²) in [6.45, 7) is 1.01. The number of para-hydroxylation sites is 1. The molecule has 0 bridgehead atoms. The maximum Gasteiger partial charge on any atom is 0.140 e. The van der Waals surface area contributed by atoms with Crippen LogP contribution in [0.25, 0.3) is 0 Å². The van der Waals surface area contributed by atoms with Crippen molar-refractivity contribution in [1.29, 1.82) is 5.26 Å². The molecule has 0 aliphatic rings. The molecule has 3 nitrogen and oxygen atoms in total. The molecule has 0 aliphatic carbocycles. The van der Waals surface area contributed by atoms with Gasteiger partial charge >= 0.3 is 0 Å². The van der Waals surface area contributed by atoms with Crippen LogP contribution in [-0.4, -0.2) is 5.11 Å². The van der Waals surface area contributed by atoms with Gasteiger partial charge in [0.1, 0.15) is 17.6 Å². The Bertz CT molecular complexity index is 620. The van der Waals surface area contributed by atoms with Crippen LogP contribution in [-0.2, 0) is 13.1 Å². The third kappa shape index (κ3) is 3.30. The van der Waals surface area contributed by atoms with Crippen molar-refractivity contribution in [2.45, 2.75) is 13.1 Å². The number of nitrogens with one attached hydrogen (secondary N) is 1. The number of phenolic OH excluding ortho intramolecular Hbond substituents is 1. The highest BCUT2D eigenvalue weighted by molar-refractivity contribution is 5.35. The van der Waals surface area contributed by atoms with Gasteiger partial charge in [-0.1, -0.05) is 24.3 Å². The molecule has 0 saturated carbocycles. The van der Waals surface area contributed by atoms with Crippen LogP contribution in [0.1, 0.15) is 16.7 Å². The third-order valence-corrected chi connectivity index (χ3v) is 2.79. The molecule has 0 atom stereocenters. The molecule has 2 rings (SSSR count). The van der Waals surface area contributed by atoms with Crippen LogP contribution in [0.4, 0.5) is 4.39 Å². The fourth-order valence-corrected chi connectivity index (χ4v) is 1.77. The van der Waals surface area contributed by atoms with Crippen LogP contribution in [0.3, 0.4) is 0 Å². The molecular formula is C15H13FN2O. The predicted octanol–water partition coefficient (Wildman–Crippen LogP) is 2.69. The SMILES string of the molecule is N#Cc1cc(CNCc2ccccc2O)ccc1F. The fourth-order valence-electron chi connectivity index (χ4n) is 1.77. The third-order valence-electron chi connectivity index (χ3n) is 2.79. The van der Waals surface area contributed by atoms with E-state index >= 15 is 0 Å². The number of hydrogen-bond acceptors (Lipinski definition) is 3. The fraction of sp³-hybridized carbons (Fsp3) is 0.133. The lowest BCUT2D eigenvalue weighted by atomic mass is 10.1. The van der Waals surface area contributed by atoms with Gasteiger partial charge in [-0.05, 0) is 23.8 Å². The highest BCUT2D eigenvalue weighted by Crippen LogP contribution is 2.15. The standard InChI is InChI=1S/C15H13FN2O/c16-14-6-5-11(7-13(14)8-17)9-18-10-12-3-1-2-4-15(12)19/h1-7,18-19H,9-10H2. The molecule has 0 radical (unpaired) electrons. The number of benzene rings is 2. The second-order valence-electron chi connectivity index (χ2n) is 4.16. The van der Waals surface area contributed by atoms with Crippen LogP contribution in [0, 0.1) is 17.1 Å². The summed E-state index contributed by atoms with van der Waals surface area (Å²) < 4.78 is 13.1. The topological polar surface area (TPSA) is 56.0 Å². The minimum Gasteiger partial charge on any atom is -0.508 e. The summed E-state index contributed by atoms with van der Waals surface area (Å²) in [6.07, 6.45) is 0. The maximum absolute atomic E-state index is 13.1. The Morgan fingerprint density at radius 3 is 2.68 bits per heavy atom. The van der Waals surface area contributed by atoms with Gasteiger partial charge in [-0.3, -0.25) is 0 Å². The molecule has 0 saturated heterocycles. The van der Waals surface area contributed by atoms with Crippen molar-refractivity contribution in [3.05, 3.63) is 65.0 Å². The molecule has 96 valence electrons. The van der Waals surface area contributed by atoms with E-state index in [0.29, 0.717) is 13.1 Å². The van der Waals surface area contributed by atoms with Gasteiger partial charge in [0.05, 0.1) is 5.56 Å². The second kappa shape index (κ2) is 5.98. The molecule has 0 spiro atoms. The molecule has 2 aromatic carbocycles. The smallest absolute Gasteiger partial charge is 0.140 e. The van der Waals surface area contributed by atoms with Crippen molar-refractivity contribution in [2.24, 2.45) is 0 Å². The van der Waals surface area contributed by atoms with Crippen molar-refractivity contribution in [3.8, 4) is 11.8 Å². The van der Waals surface area contributed by atoms with E-state index in [-0.39, 0.29) is 11.3 Å². The first-order valence-electron chi connectivity index (χ1n) is 5.87. The summed E-state index contributed by atoms with van der Waals surface area (Å²) in [5, 5.41) is 21.5. The van der Waals surface area contributed by atoms with Gasteiger partial charge in [0.25, 0.3) is 0 Å². The number of rotatable bonds is 4. The van der Waals surface area contributed by atoms with Crippen molar-refractivity contribution in [1.82, 2.24) is 5.32 Å². The number of hydrogen-bond donors (Lipinski definition) is 2. The summed E-state index contributed by atoms with van der Waals surface area (Å²) >= 11 is 0. The first-order chi connectivity index (χ1) is 9.20. The van der Waals surface area contributed by atoms with Crippen molar-refractivity contribution in [3.63, 3.8) is 0 Å². The highest BCUT2D eigenvalue weighted by atomic mass is 19.1. The lowest BCUT2D eigenvalue weighted by Gasteiger charge is -2.07. The quantitative estimate of drug-likeness (QED) is 0.884. The lowest BCUT2D eigenvalue weighted by Crippen LogP contribution is -2.13. The van der Waals surface area contributed by atoms with E-state index < -0.39 is 5.82 Å². The first kappa shape index (κ1) is 13.1. The average molecular weight is 256 g/mol. The molecule has 0 fully saturated rings. The Morgan fingerprint density at radius 2 is 1.95 bits per heavy atom. The van der Waals surface area contributed by atoms with Crippen molar-refractivity contribution in [2.75, 3.05) is 0 Å². The summed E-state index contributed by atoms with van der Waals surface area (Å²) in [7, 11) is 0. The summed E-state index contributed by atoms with van der Waals surface area (Å²) in [5.74, 6) is -0.265. The Kier molecular flexibility index (Phi) is 4.11. The monoisotopic (exact) mass is 256 g/mol. The Labute approximate surface area is 110 Å². The minimum atomic E-state index is -0.507. The maximum atomic E-state index is 13.1. The van der Waals surface area contributed by atoms with Crippen molar-refractivity contribution < 1.29 is 9.50 Å². The number of aromatic hydroxyl groups is 1. The number of halogens is 1. The van der Waals surface area contributed by atoms with E-state index in [9.17, 15) is 9.50 Å². The zero-order valence-corrected chi connectivity index (χ0v) is 10.2. The molecule has 19 heavy (non-hydrogen) atoms. The second-order valence-corrected chi connectivity index (χ2v) is 4.16. The Hall–Kier alpha value is -2.38. The van der Waals surface area contributed by atoms with E-state index in [1.807, 2.05) is 18.2 Å². The van der Waals surface area contributed by atoms with Crippen LogP contribution >= 0.6 is 0 Å². The molecular weight excluding hydrogens is 243 g/mol. The molecule has 0 aliphatic heterocycles. The number of phenols is 1. The molecule has 2 aromatic rings. The largest absolute Gasteiger partial charge is 0.508 e. The van der Waals surface area contributed by atoms with E-state index in [1.165, 1.54) is 12.1 Å². The average Bonchev–Trinajstić information content (AvgIpc) is 2.43. The van der Waals surface area contributed by atoms with Crippen LogP contribution in [0.15, 0.2) is 42.5 Å². The molecule has 0 heterocycles. The van der Waals surface area contributed by atoms with E-state index in [0.717, 1.165) is 11.1 Å². The molecule has 4 heteroatoms. The molecule has 0 amide bonds. The van der Waals surface area contributed by atoms with E-state index in [1.54, 1.807) is 18.2 Å². The number of nitrogens with zero attached hydrogens (tertiary/aromatic N) is 1. The van der Waals surface area contributed by atoms with Gasteiger partial charge in [-0.2, -0.15) is 5.26 Å². The van der Waals surface area contributed by atoms with E-state index in [2.05, 4.69) is 5.32 Å². The summed E-state index contributed by atoms with van der Waals surface area (Å²) in [4.78, 5) is 0. The zero-order valence-electron chi connectivity index (χ0n) is 10.2. The summed E-state index contributed by atoms with van der Waals surface area (Å²) in [5.41, 5.74) is 1.67. The van der Waals surface area contributed by atoms with Gasteiger partial charge in [-0.15, -0.1) is 0 Å². The van der Waals surface area contributed by atoms with Crippen LogP contribution in [0.2, 0.25) is 0 Å². The Balaban J connectivity index is 1.97. The van der Waals surface area contributed by atoms with Gasteiger partial charge in [0.15, 0.2) is 0 Å².